The highest BCUT2D eigenvalue weighted by Crippen LogP contribution is 2.43. The highest BCUT2D eigenvalue weighted by atomic mass is 31.2. The normalized spacial score (nSPS) is 38.2. The first kappa shape index (κ1) is 34.3. The van der Waals surface area contributed by atoms with E-state index in [-0.39, 0.29) is 0 Å². The molecule has 39 heavy (non-hydrogen) atoms. The summed E-state index contributed by atoms with van der Waals surface area (Å²) in [4.78, 5) is 31.0. The topological polar surface area (TPSA) is 315 Å². The zero-order chi connectivity index (χ0) is 29.7. The van der Waals surface area contributed by atoms with Crippen LogP contribution >= 0.6 is 7.82 Å². The quantitative estimate of drug-likeness (QED) is 0.0877. The molecule has 0 spiro atoms. The summed E-state index contributed by atoms with van der Waals surface area (Å²) >= 11 is 0. The van der Waals surface area contributed by atoms with Crippen LogP contribution in [0.25, 0.3) is 0 Å². The molecule has 2 saturated heterocycles. The van der Waals surface area contributed by atoms with E-state index in [1.807, 2.05) is 0 Å². The van der Waals surface area contributed by atoms with E-state index >= 15 is 0 Å². The first-order valence-corrected chi connectivity index (χ1v) is 13.2. The van der Waals surface area contributed by atoms with Crippen LogP contribution < -0.4 is 5.32 Å². The van der Waals surface area contributed by atoms with Crippen LogP contribution in [0.3, 0.4) is 0 Å². The van der Waals surface area contributed by atoms with E-state index in [2.05, 4.69) is 5.32 Å². The Labute approximate surface area is 221 Å². The van der Waals surface area contributed by atoms with Gasteiger partial charge in [0.05, 0.1) is 26.4 Å². The Balaban J connectivity index is 2.52. The van der Waals surface area contributed by atoms with E-state index in [1.165, 1.54) is 0 Å². The second-order valence-electron chi connectivity index (χ2n) is 8.91. The molecule has 20 heteroatoms. The lowest BCUT2D eigenvalue weighted by molar-refractivity contribution is -0.348. The third-order valence-electron chi connectivity index (χ3n) is 6.05. The van der Waals surface area contributed by atoms with Crippen molar-refractivity contribution in [1.29, 1.82) is 0 Å². The largest absolute Gasteiger partial charge is 0.470 e. The highest BCUT2D eigenvalue weighted by molar-refractivity contribution is 7.46. The molecule has 0 aromatic rings. The van der Waals surface area contributed by atoms with Gasteiger partial charge in [-0.05, 0) is 0 Å². The van der Waals surface area contributed by atoms with Gasteiger partial charge in [0, 0.05) is 6.92 Å². The number of phosphoric acid groups is 1. The van der Waals surface area contributed by atoms with Crippen LogP contribution in [-0.4, -0.2) is 168 Å². The predicted molar refractivity (Wildman–Crippen MR) is 120 cm³/mol. The second-order valence-corrected chi connectivity index (χ2v) is 10.1. The number of carbonyl (C=O) groups is 1. The Morgan fingerprint density at radius 2 is 1.49 bits per heavy atom. The van der Waals surface area contributed by atoms with Crippen LogP contribution in [0, 0.1) is 0 Å². The molecule has 2 fully saturated rings. The number of hydrogen-bond donors (Lipinski definition) is 12. The van der Waals surface area contributed by atoms with Gasteiger partial charge in [-0.2, -0.15) is 0 Å². The molecule has 0 aliphatic carbocycles. The lowest BCUT2D eigenvalue weighted by atomic mass is 9.95. The van der Waals surface area contributed by atoms with Gasteiger partial charge >= 0.3 is 7.82 Å². The Morgan fingerprint density at radius 3 is 1.97 bits per heavy atom. The number of aliphatic hydroxyl groups is 9. The van der Waals surface area contributed by atoms with Crippen molar-refractivity contribution in [3.8, 4) is 0 Å². The lowest BCUT2D eigenvalue weighted by Gasteiger charge is -2.49. The maximum atomic E-state index is 12.1. The number of hydrogen-bond acceptors (Lipinski definition) is 16. The summed E-state index contributed by atoms with van der Waals surface area (Å²) < 4.78 is 38.4. The first-order chi connectivity index (χ1) is 18.2. The van der Waals surface area contributed by atoms with Gasteiger partial charge < -0.3 is 80.0 Å². The predicted octanol–water partition coefficient (Wildman–Crippen LogP) is -7.04. The van der Waals surface area contributed by atoms with E-state index in [0.29, 0.717) is 0 Å². The number of amides is 1. The summed E-state index contributed by atoms with van der Waals surface area (Å²) in [6.45, 7) is -2.79. The summed E-state index contributed by atoms with van der Waals surface area (Å²) in [6.07, 6.45) is -21.9. The number of nitrogens with one attached hydrogen (secondary N) is 1. The van der Waals surface area contributed by atoms with Gasteiger partial charge in [0.15, 0.2) is 12.6 Å². The van der Waals surface area contributed by atoms with Crippen LogP contribution in [0.5, 0.6) is 0 Å². The molecule has 12 N–H and O–H groups in total. The number of rotatable bonds is 13. The summed E-state index contributed by atoms with van der Waals surface area (Å²) in [5.41, 5.74) is 0. The van der Waals surface area contributed by atoms with Gasteiger partial charge in [-0.15, -0.1) is 0 Å². The maximum Gasteiger partial charge on any atom is 0.470 e. The molecule has 0 saturated carbocycles. The third-order valence-corrected chi connectivity index (χ3v) is 6.56. The van der Waals surface area contributed by atoms with E-state index in [0.717, 1.165) is 6.92 Å². The molecule has 0 bridgehead atoms. The molecule has 2 rings (SSSR count). The Morgan fingerprint density at radius 1 is 0.897 bits per heavy atom. The van der Waals surface area contributed by atoms with Gasteiger partial charge in [0.2, 0.25) is 5.91 Å². The van der Waals surface area contributed by atoms with Crippen molar-refractivity contribution in [2.75, 3.05) is 26.4 Å². The Kier molecular flexibility index (Phi) is 13.0. The van der Waals surface area contributed by atoms with Crippen LogP contribution in [0.2, 0.25) is 0 Å². The molecular weight excluding hydrogens is 561 g/mol. The van der Waals surface area contributed by atoms with E-state index in [1.54, 1.807) is 0 Å². The fraction of sp³-hybridized carbons (Fsp3) is 0.947. The van der Waals surface area contributed by atoms with Crippen molar-refractivity contribution in [2.45, 2.75) is 86.6 Å². The summed E-state index contributed by atoms with van der Waals surface area (Å²) in [5.74, 6) is -0.812. The van der Waals surface area contributed by atoms with Crippen molar-refractivity contribution in [3.05, 3.63) is 0 Å². The minimum absolute atomic E-state index is 0.812. The van der Waals surface area contributed by atoms with Gasteiger partial charge in [-0.3, -0.25) is 9.32 Å². The average molecular weight is 597 g/mol. The molecule has 2 aliphatic rings. The Bertz CT molecular complexity index is 815. The summed E-state index contributed by atoms with van der Waals surface area (Å²) in [6, 6.07) is -1.68. The van der Waals surface area contributed by atoms with Crippen molar-refractivity contribution in [2.24, 2.45) is 0 Å². The van der Waals surface area contributed by atoms with Crippen molar-refractivity contribution in [1.82, 2.24) is 5.32 Å². The van der Waals surface area contributed by atoms with Gasteiger partial charge in [0.25, 0.3) is 0 Å². The molecule has 13 atom stereocenters. The monoisotopic (exact) mass is 597 g/mol. The number of ether oxygens (including phenoxy) is 4. The number of phosphoric ester groups is 1. The molecule has 0 radical (unpaired) electrons. The highest BCUT2D eigenvalue weighted by Gasteiger charge is 2.54. The minimum atomic E-state index is -5.38. The maximum absolute atomic E-state index is 12.1. The molecule has 230 valence electrons. The van der Waals surface area contributed by atoms with E-state index < -0.39 is 120 Å². The average Bonchev–Trinajstić information content (AvgIpc) is 2.87. The fourth-order valence-electron chi connectivity index (χ4n) is 4.10. The third kappa shape index (κ3) is 8.77. The molecule has 0 unspecified atom stereocenters. The van der Waals surface area contributed by atoms with Gasteiger partial charge in [0.1, 0.15) is 67.1 Å². The zero-order valence-corrected chi connectivity index (χ0v) is 21.5. The molecule has 19 nitrogen and oxygen atoms in total. The Hall–Kier alpha value is -0.940. The molecule has 1 amide bonds. The van der Waals surface area contributed by atoms with Crippen molar-refractivity contribution >= 4 is 13.7 Å². The van der Waals surface area contributed by atoms with Crippen LogP contribution in [0.4, 0.5) is 0 Å². The number of carbonyl (C=O) groups excluding carboxylic acids is 1. The molecule has 2 aliphatic heterocycles. The first-order valence-electron chi connectivity index (χ1n) is 11.7. The van der Waals surface area contributed by atoms with Crippen LogP contribution in [0.15, 0.2) is 0 Å². The molecule has 0 aromatic heterocycles. The smallest absolute Gasteiger partial charge is 0.394 e. The summed E-state index contributed by atoms with van der Waals surface area (Å²) in [5, 5.41) is 90.9. The van der Waals surface area contributed by atoms with Gasteiger partial charge in [-0.25, -0.2) is 4.57 Å². The minimum Gasteiger partial charge on any atom is -0.394 e. The zero-order valence-electron chi connectivity index (χ0n) is 20.6. The van der Waals surface area contributed by atoms with E-state index in [4.69, 9.17) is 28.6 Å². The summed E-state index contributed by atoms with van der Waals surface area (Å²) in [7, 11) is -5.38. The molecule has 2 heterocycles. The van der Waals surface area contributed by atoms with Crippen molar-refractivity contribution < 1.29 is 88.6 Å². The fourth-order valence-corrected chi connectivity index (χ4v) is 4.67. The van der Waals surface area contributed by atoms with Crippen LogP contribution in [0.1, 0.15) is 6.92 Å². The lowest BCUT2D eigenvalue weighted by Crippen LogP contribution is -2.69. The van der Waals surface area contributed by atoms with Crippen molar-refractivity contribution in [3.63, 3.8) is 0 Å². The number of aliphatic hydroxyl groups excluding tert-OH is 9. The van der Waals surface area contributed by atoms with Crippen LogP contribution in [-0.2, 0) is 32.8 Å². The van der Waals surface area contributed by atoms with Gasteiger partial charge in [-0.1, -0.05) is 0 Å². The van der Waals surface area contributed by atoms with E-state index in [9.17, 15) is 60.0 Å². The molecular formula is C19H36NO18P. The standard InChI is InChI=1S/C19H36NO18P/c1-6(25)20-11-17(37-19-15(30)14(29)13(28)9(4-23)35-19)16(38-39(31,32)33)10(5-24)36-18(11)34-8(3-22)12(27)7(26)2-21/h7-19,21-24,26-30H,2-5H2,1H3,(H,20,25)(H2,31,32,33)/t7-,8+,9-,10-,11-,12-,13+,14+,15-,16-,17-,18-,19+/m1/s1. The second kappa shape index (κ2) is 14.8. The molecule has 0 aromatic carbocycles. The SMILES string of the molecule is CC(=O)N[C@H]1[C@H](O[C@@H](CO)[C@H](O)[C@H](O)CO)O[C@H](CO)[C@@H](OP(=O)(O)O)[C@@H]1O[C@@H]1O[C@H](CO)[C@H](O)[C@H](O)[C@H]1O.